The summed E-state index contributed by atoms with van der Waals surface area (Å²) in [6, 6.07) is 4.28. The highest BCUT2D eigenvalue weighted by molar-refractivity contribution is 7.09. The summed E-state index contributed by atoms with van der Waals surface area (Å²) in [6.45, 7) is 2.13. The van der Waals surface area contributed by atoms with Crippen LogP contribution in [0.4, 0.5) is 0 Å². The minimum absolute atomic E-state index is 0.0147. The van der Waals surface area contributed by atoms with Gasteiger partial charge in [0.05, 0.1) is 6.10 Å². The maximum absolute atomic E-state index is 9.10. The standard InChI is InChI=1S/C11H17NOS/c13-10-6-9(7-10)8-12-4-3-11-2-1-5-14-11/h1-2,5,9-10,12-13H,3-4,6-8H2. The molecule has 2 rings (SSSR count). The largest absolute Gasteiger partial charge is 0.393 e. The molecular weight excluding hydrogens is 194 g/mol. The topological polar surface area (TPSA) is 32.3 Å². The fourth-order valence-corrected chi connectivity index (χ4v) is 2.55. The smallest absolute Gasteiger partial charge is 0.0546 e. The average Bonchev–Trinajstić information content (AvgIpc) is 2.61. The maximum atomic E-state index is 9.10. The van der Waals surface area contributed by atoms with E-state index in [4.69, 9.17) is 5.11 Å². The summed E-state index contributed by atoms with van der Waals surface area (Å²) in [5, 5.41) is 14.7. The van der Waals surface area contributed by atoms with Crippen molar-refractivity contribution >= 4 is 11.3 Å². The van der Waals surface area contributed by atoms with Gasteiger partial charge in [-0.1, -0.05) is 6.07 Å². The Balaban J connectivity index is 1.52. The van der Waals surface area contributed by atoms with E-state index in [9.17, 15) is 0 Å². The van der Waals surface area contributed by atoms with Crippen molar-refractivity contribution in [3.8, 4) is 0 Å². The zero-order valence-corrected chi connectivity index (χ0v) is 9.09. The molecule has 2 nitrogen and oxygen atoms in total. The average molecular weight is 211 g/mol. The van der Waals surface area contributed by atoms with Crippen molar-refractivity contribution in [3.05, 3.63) is 22.4 Å². The molecule has 1 fully saturated rings. The summed E-state index contributed by atoms with van der Waals surface area (Å²) in [4.78, 5) is 1.45. The maximum Gasteiger partial charge on any atom is 0.0546 e. The molecule has 0 amide bonds. The first-order valence-electron chi connectivity index (χ1n) is 5.26. The van der Waals surface area contributed by atoms with Crippen LogP contribution in [0.1, 0.15) is 17.7 Å². The minimum Gasteiger partial charge on any atom is -0.393 e. The van der Waals surface area contributed by atoms with Crippen LogP contribution in [0, 0.1) is 5.92 Å². The Morgan fingerprint density at radius 3 is 3.00 bits per heavy atom. The Morgan fingerprint density at radius 1 is 1.50 bits per heavy atom. The van der Waals surface area contributed by atoms with Crippen LogP contribution in [-0.4, -0.2) is 24.3 Å². The van der Waals surface area contributed by atoms with Gasteiger partial charge >= 0.3 is 0 Å². The van der Waals surface area contributed by atoms with E-state index in [0.717, 1.165) is 32.4 Å². The lowest BCUT2D eigenvalue weighted by atomic mass is 9.82. The Morgan fingerprint density at radius 2 is 2.36 bits per heavy atom. The molecule has 0 bridgehead atoms. The van der Waals surface area contributed by atoms with E-state index in [0.29, 0.717) is 5.92 Å². The van der Waals surface area contributed by atoms with Crippen LogP contribution < -0.4 is 5.32 Å². The number of aliphatic hydroxyl groups excluding tert-OH is 1. The highest BCUT2D eigenvalue weighted by Gasteiger charge is 2.26. The number of hydrogen-bond acceptors (Lipinski definition) is 3. The van der Waals surface area contributed by atoms with Gasteiger partial charge in [-0.15, -0.1) is 11.3 Å². The van der Waals surface area contributed by atoms with E-state index in [-0.39, 0.29) is 6.10 Å². The second kappa shape index (κ2) is 4.91. The fraction of sp³-hybridized carbons (Fsp3) is 0.636. The van der Waals surface area contributed by atoms with Gasteiger partial charge in [-0.3, -0.25) is 0 Å². The van der Waals surface area contributed by atoms with Crippen LogP contribution in [0.2, 0.25) is 0 Å². The SMILES string of the molecule is OC1CC(CNCCc2cccs2)C1. The number of nitrogens with one attached hydrogen (secondary N) is 1. The second-order valence-corrected chi connectivity index (χ2v) is 5.06. The zero-order chi connectivity index (χ0) is 9.80. The molecule has 0 saturated heterocycles. The van der Waals surface area contributed by atoms with Crippen LogP contribution in [0.3, 0.4) is 0 Å². The zero-order valence-electron chi connectivity index (χ0n) is 8.28. The molecule has 1 aliphatic carbocycles. The molecule has 78 valence electrons. The fourth-order valence-electron chi connectivity index (χ4n) is 1.84. The van der Waals surface area contributed by atoms with Gasteiger partial charge in [0.1, 0.15) is 0 Å². The van der Waals surface area contributed by atoms with Gasteiger partial charge in [0, 0.05) is 4.88 Å². The monoisotopic (exact) mass is 211 g/mol. The molecule has 2 N–H and O–H groups in total. The first-order valence-corrected chi connectivity index (χ1v) is 6.13. The third-order valence-electron chi connectivity index (χ3n) is 2.77. The van der Waals surface area contributed by atoms with E-state index in [1.807, 2.05) is 11.3 Å². The predicted molar refractivity (Wildman–Crippen MR) is 59.6 cm³/mol. The molecule has 0 aliphatic heterocycles. The van der Waals surface area contributed by atoms with Crippen LogP contribution in [0.25, 0.3) is 0 Å². The van der Waals surface area contributed by atoms with Gasteiger partial charge in [-0.05, 0) is 49.7 Å². The lowest BCUT2D eigenvalue weighted by molar-refractivity contribution is 0.0432. The van der Waals surface area contributed by atoms with E-state index >= 15 is 0 Å². The van der Waals surface area contributed by atoms with Crippen LogP contribution in [0.15, 0.2) is 17.5 Å². The minimum atomic E-state index is -0.0147. The van der Waals surface area contributed by atoms with Crippen molar-refractivity contribution in [1.82, 2.24) is 5.32 Å². The highest BCUT2D eigenvalue weighted by Crippen LogP contribution is 2.25. The molecule has 0 radical (unpaired) electrons. The van der Waals surface area contributed by atoms with Crippen molar-refractivity contribution < 1.29 is 5.11 Å². The van der Waals surface area contributed by atoms with Gasteiger partial charge in [-0.25, -0.2) is 0 Å². The summed E-state index contributed by atoms with van der Waals surface area (Å²) in [6.07, 6.45) is 3.10. The van der Waals surface area contributed by atoms with E-state index < -0.39 is 0 Å². The molecule has 1 aliphatic rings. The molecule has 3 heteroatoms. The normalized spacial score (nSPS) is 26.1. The molecular formula is C11H17NOS. The molecule has 1 heterocycles. The molecule has 0 unspecified atom stereocenters. The van der Waals surface area contributed by atoms with Gasteiger partial charge in [0.25, 0.3) is 0 Å². The van der Waals surface area contributed by atoms with Gasteiger partial charge in [0.15, 0.2) is 0 Å². The highest BCUT2D eigenvalue weighted by atomic mass is 32.1. The Bertz CT molecular complexity index is 254. The van der Waals surface area contributed by atoms with E-state index in [1.165, 1.54) is 4.88 Å². The van der Waals surface area contributed by atoms with Crippen molar-refractivity contribution in [1.29, 1.82) is 0 Å². The molecule has 14 heavy (non-hydrogen) atoms. The van der Waals surface area contributed by atoms with Crippen molar-refractivity contribution in [2.75, 3.05) is 13.1 Å². The summed E-state index contributed by atoms with van der Waals surface area (Å²) in [7, 11) is 0. The van der Waals surface area contributed by atoms with Crippen molar-refractivity contribution in [2.24, 2.45) is 5.92 Å². The molecule has 0 spiro atoms. The molecule has 1 saturated carbocycles. The van der Waals surface area contributed by atoms with E-state index in [2.05, 4.69) is 22.8 Å². The number of rotatable bonds is 5. The van der Waals surface area contributed by atoms with Gasteiger partial charge < -0.3 is 10.4 Å². The van der Waals surface area contributed by atoms with E-state index in [1.54, 1.807) is 0 Å². The van der Waals surface area contributed by atoms with Crippen LogP contribution >= 0.6 is 11.3 Å². The number of thiophene rings is 1. The van der Waals surface area contributed by atoms with Gasteiger partial charge in [0.2, 0.25) is 0 Å². The summed E-state index contributed by atoms with van der Waals surface area (Å²) >= 11 is 1.82. The first kappa shape index (κ1) is 10.1. The quantitative estimate of drug-likeness (QED) is 0.726. The van der Waals surface area contributed by atoms with Crippen LogP contribution in [0.5, 0.6) is 0 Å². The van der Waals surface area contributed by atoms with Crippen molar-refractivity contribution in [2.45, 2.75) is 25.4 Å². The molecule has 1 aromatic rings. The Hall–Kier alpha value is -0.380. The molecule has 0 atom stereocenters. The van der Waals surface area contributed by atoms with Crippen molar-refractivity contribution in [3.63, 3.8) is 0 Å². The number of aliphatic hydroxyl groups is 1. The third-order valence-corrected chi connectivity index (χ3v) is 3.71. The third kappa shape index (κ3) is 2.80. The van der Waals surface area contributed by atoms with Crippen LogP contribution in [-0.2, 0) is 6.42 Å². The predicted octanol–water partition coefficient (Wildman–Crippen LogP) is 1.65. The number of hydrogen-bond donors (Lipinski definition) is 2. The summed E-state index contributed by atoms with van der Waals surface area (Å²) in [5.74, 6) is 0.716. The first-order chi connectivity index (χ1) is 6.84. The Labute approximate surface area is 89.0 Å². The lowest BCUT2D eigenvalue weighted by Gasteiger charge is -2.31. The second-order valence-electron chi connectivity index (χ2n) is 4.02. The Kier molecular flexibility index (Phi) is 3.56. The van der Waals surface area contributed by atoms with Gasteiger partial charge in [-0.2, -0.15) is 0 Å². The molecule has 1 aromatic heterocycles. The summed E-state index contributed by atoms with van der Waals surface area (Å²) in [5.41, 5.74) is 0. The molecule has 0 aromatic carbocycles. The lowest BCUT2D eigenvalue weighted by Crippen LogP contribution is -2.36. The summed E-state index contributed by atoms with van der Waals surface area (Å²) < 4.78 is 0.